The summed E-state index contributed by atoms with van der Waals surface area (Å²) in [5.74, 6) is -0.198. The van der Waals surface area contributed by atoms with Gasteiger partial charge in [-0.25, -0.2) is 4.98 Å². The summed E-state index contributed by atoms with van der Waals surface area (Å²) < 4.78 is 0. The second-order valence-electron chi connectivity index (χ2n) is 5.07. The summed E-state index contributed by atoms with van der Waals surface area (Å²) in [6, 6.07) is 7.88. The van der Waals surface area contributed by atoms with E-state index in [4.69, 9.17) is 0 Å². The Balaban J connectivity index is 2.11. The van der Waals surface area contributed by atoms with Crippen LogP contribution in [-0.4, -0.2) is 40.2 Å². The fraction of sp³-hybridized carbons (Fsp3) is 0.375. The molecule has 2 aromatic rings. The number of nitrogens with one attached hydrogen (secondary N) is 1. The Morgan fingerprint density at radius 1 is 1.45 bits per heavy atom. The molecule has 6 heteroatoms. The van der Waals surface area contributed by atoms with Gasteiger partial charge in [0.05, 0.1) is 6.61 Å². The predicted octanol–water partition coefficient (Wildman–Crippen LogP) is 2.96. The third-order valence-electron chi connectivity index (χ3n) is 3.51. The molecular weight excluding hydrogens is 316 g/mol. The molecule has 0 bridgehead atoms. The maximum absolute atomic E-state index is 12.3. The first-order valence-electron chi connectivity index (χ1n) is 7.02. The molecule has 2 N–H and O–H groups in total. The number of aliphatic hydroxyl groups excluding tert-OH is 1. The molecule has 0 saturated heterocycles. The lowest BCUT2D eigenvalue weighted by molar-refractivity contribution is 0.0931. The predicted molar refractivity (Wildman–Crippen MR) is 93.6 cm³/mol. The molecule has 118 valence electrons. The highest BCUT2D eigenvalue weighted by molar-refractivity contribution is 7.99. The van der Waals surface area contributed by atoms with E-state index < -0.39 is 0 Å². The molecule has 1 heterocycles. The summed E-state index contributed by atoms with van der Waals surface area (Å²) in [4.78, 5) is 16.7. The number of rotatable bonds is 6. The topological polar surface area (TPSA) is 62.2 Å². The average molecular weight is 336 g/mol. The zero-order chi connectivity index (χ0) is 16.1. The number of nitrogens with zero attached hydrogens (tertiary/aromatic N) is 1. The minimum absolute atomic E-state index is 0.0153. The number of benzene rings is 1. The molecule has 0 spiro atoms. The van der Waals surface area contributed by atoms with E-state index in [9.17, 15) is 9.90 Å². The summed E-state index contributed by atoms with van der Waals surface area (Å²) in [6.45, 7) is 3.96. The van der Waals surface area contributed by atoms with E-state index in [-0.39, 0.29) is 23.8 Å². The smallest absolute Gasteiger partial charge is 0.271 e. The normalized spacial score (nSPS) is 13.6. The fourth-order valence-corrected chi connectivity index (χ4v) is 3.64. The Bertz CT molecular complexity index is 639. The van der Waals surface area contributed by atoms with Crippen LogP contribution in [0.2, 0.25) is 0 Å². The van der Waals surface area contributed by atoms with Crippen molar-refractivity contribution in [3.05, 3.63) is 40.9 Å². The molecule has 4 nitrogen and oxygen atoms in total. The van der Waals surface area contributed by atoms with E-state index in [2.05, 4.69) is 10.3 Å². The van der Waals surface area contributed by atoms with Crippen molar-refractivity contribution in [1.29, 1.82) is 0 Å². The van der Waals surface area contributed by atoms with Crippen molar-refractivity contribution in [3.63, 3.8) is 0 Å². The zero-order valence-electron chi connectivity index (χ0n) is 12.9. The zero-order valence-corrected chi connectivity index (χ0v) is 14.5. The molecule has 1 aromatic carbocycles. The quantitative estimate of drug-likeness (QED) is 0.851. The van der Waals surface area contributed by atoms with Crippen LogP contribution in [0.3, 0.4) is 0 Å². The van der Waals surface area contributed by atoms with Gasteiger partial charge in [-0.3, -0.25) is 4.79 Å². The van der Waals surface area contributed by atoms with E-state index in [1.54, 1.807) is 5.38 Å². The van der Waals surface area contributed by atoms with Crippen molar-refractivity contribution in [2.75, 3.05) is 12.9 Å². The molecule has 0 radical (unpaired) electrons. The van der Waals surface area contributed by atoms with Crippen molar-refractivity contribution >= 4 is 29.0 Å². The minimum atomic E-state index is -0.198. The van der Waals surface area contributed by atoms with Gasteiger partial charge in [-0.1, -0.05) is 24.3 Å². The van der Waals surface area contributed by atoms with Crippen LogP contribution in [0.15, 0.2) is 29.6 Å². The number of carbonyl (C=O) groups is 1. The van der Waals surface area contributed by atoms with Gasteiger partial charge >= 0.3 is 0 Å². The van der Waals surface area contributed by atoms with Gasteiger partial charge in [0.1, 0.15) is 10.7 Å². The number of aromatic nitrogens is 1. The summed E-state index contributed by atoms with van der Waals surface area (Å²) in [6.07, 6.45) is 1.92. The molecule has 0 aliphatic heterocycles. The van der Waals surface area contributed by atoms with Crippen molar-refractivity contribution in [3.8, 4) is 10.6 Å². The number of aliphatic hydroxyl groups is 1. The van der Waals surface area contributed by atoms with E-state index in [1.165, 1.54) is 23.1 Å². The second-order valence-corrected chi connectivity index (χ2v) is 7.01. The Morgan fingerprint density at radius 3 is 2.82 bits per heavy atom. The highest BCUT2D eigenvalue weighted by Crippen LogP contribution is 2.26. The van der Waals surface area contributed by atoms with Crippen molar-refractivity contribution in [2.24, 2.45) is 0 Å². The molecule has 0 aliphatic carbocycles. The van der Waals surface area contributed by atoms with Crippen molar-refractivity contribution in [2.45, 2.75) is 25.1 Å². The summed E-state index contributed by atoms with van der Waals surface area (Å²) in [7, 11) is 0. The van der Waals surface area contributed by atoms with Gasteiger partial charge in [-0.2, -0.15) is 11.8 Å². The number of thioether (sulfide) groups is 1. The molecule has 2 rings (SSSR count). The molecule has 1 amide bonds. The molecule has 0 saturated carbocycles. The van der Waals surface area contributed by atoms with E-state index in [0.717, 1.165) is 16.1 Å². The summed E-state index contributed by atoms with van der Waals surface area (Å²) in [5, 5.41) is 14.8. The number of hydrogen-bond acceptors (Lipinski definition) is 5. The first-order valence-corrected chi connectivity index (χ1v) is 9.19. The molecule has 22 heavy (non-hydrogen) atoms. The lowest BCUT2D eigenvalue weighted by atomic mass is 10.1. The Labute approximate surface area is 139 Å². The van der Waals surface area contributed by atoms with Crippen LogP contribution in [0.1, 0.15) is 23.0 Å². The van der Waals surface area contributed by atoms with Crippen molar-refractivity contribution in [1.82, 2.24) is 10.3 Å². The Hall–Kier alpha value is -1.37. The molecule has 0 fully saturated rings. The first kappa shape index (κ1) is 17.0. The van der Waals surface area contributed by atoms with Crippen LogP contribution in [0.25, 0.3) is 10.6 Å². The van der Waals surface area contributed by atoms with E-state index in [0.29, 0.717) is 5.69 Å². The number of amides is 1. The van der Waals surface area contributed by atoms with Gasteiger partial charge in [0.25, 0.3) is 5.91 Å². The van der Waals surface area contributed by atoms with Gasteiger partial charge < -0.3 is 10.4 Å². The SMILES string of the molecule is CSC(CO)C(C)NC(=O)c1csc(-c2ccccc2C)n1. The van der Waals surface area contributed by atoms with Crippen LogP contribution in [0, 0.1) is 6.92 Å². The average Bonchev–Trinajstić information content (AvgIpc) is 2.98. The highest BCUT2D eigenvalue weighted by atomic mass is 32.2. The van der Waals surface area contributed by atoms with E-state index >= 15 is 0 Å². The molecular formula is C16H20N2O2S2. The lowest BCUT2D eigenvalue weighted by Gasteiger charge is -2.20. The number of carbonyl (C=O) groups excluding carboxylic acids is 1. The standard InChI is InChI=1S/C16H20N2O2S2/c1-10-6-4-5-7-12(10)16-18-13(9-22-16)15(20)17-11(2)14(8-19)21-3/h4-7,9,11,14,19H,8H2,1-3H3,(H,17,20). The van der Waals surface area contributed by atoms with Crippen molar-refractivity contribution < 1.29 is 9.90 Å². The van der Waals surface area contributed by atoms with Gasteiger partial charge in [0, 0.05) is 22.2 Å². The highest BCUT2D eigenvalue weighted by Gasteiger charge is 2.20. The molecule has 2 unspecified atom stereocenters. The number of aryl methyl sites for hydroxylation is 1. The second kappa shape index (κ2) is 7.76. The Morgan fingerprint density at radius 2 is 2.18 bits per heavy atom. The van der Waals surface area contributed by atoms with Crippen LogP contribution < -0.4 is 5.32 Å². The van der Waals surface area contributed by atoms with Gasteiger partial charge in [-0.15, -0.1) is 11.3 Å². The maximum atomic E-state index is 12.3. The third kappa shape index (κ3) is 3.88. The van der Waals surface area contributed by atoms with Crippen LogP contribution in [0.4, 0.5) is 0 Å². The maximum Gasteiger partial charge on any atom is 0.271 e. The lowest BCUT2D eigenvalue weighted by Crippen LogP contribution is -2.41. The monoisotopic (exact) mass is 336 g/mol. The first-order chi connectivity index (χ1) is 10.6. The van der Waals surface area contributed by atoms with Crippen LogP contribution in [-0.2, 0) is 0 Å². The largest absolute Gasteiger partial charge is 0.395 e. The number of thiazole rings is 1. The van der Waals surface area contributed by atoms with Gasteiger partial charge in [-0.05, 0) is 25.7 Å². The number of hydrogen-bond donors (Lipinski definition) is 2. The molecule has 1 aromatic heterocycles. The molecule has 2 atom stereocenters. The summed E-state index contributed by atoms with van der Waals surface area (Å²) in [5.41, 5.74) is 2.62. The van der Waals surface area contributed by atoms with Gasteiger partial charge in [0.2, 0.25) is 0 Å². The van der Waals surface area contributed by atoms with E-state index in [1.807, 2.05) is 44.4 Å². The van der Waals surface area contributed by atoms with Crippen LogP contribution in [0.5, 0.6) is 0 Å². The summed E-state index contributed by atoms with van der Waals surface area (Å²) >= 11 is 3.00. The van der Waals surface area contributed by atoms with Gasteiger partial charge in [0.15, 0.2) is 0 Å². The fourth-order valence-electron chi connectivity index (χ4n) is 2.13. The van der Waals surface area contributed by atoms with Crippen LogP contribution >= 0.6 is 23.1 Å². The molecule has 0 aliphatic rings. The third-order valence-corrected chi connectivity index (χ3v) is 5.55. The minimum Gasteiger partial charge on any atom is -0.395 e. The Kier molecular flexibility index (Phi) is 5.99.